The zero-order valence-corrected chi connectivity index (χ0v) is 14.4. The molecule has 0 aliphatic heterocycles. The molecule has 2 rings (SSSR count). The molecule has 0 fully saturated rings. The summed E-state index contributed by atoms with van der Waals surface area (Å²) in [6, 6.07) is 12.9. The average molecular weight is 351 g/mol. The lowest BCUT2D eigenvalue weighted by atomic mass is 9.94. The van der Waals surface area contributed by atoms with Crippen molar-refractivity contribution in [2.24, 2.45) is 5.84 Å². The summed E-state index contributed by atoms with van der Waals surface area (Å²) in [7, 11) is 1.75. The van der Waals surface area contributed by atoms with Crippen LogP contribution in [-0.2, 0) is 4.74 Å². The molecule has 3 N–H and O–H groups in total. The number of hydrogen-bond acceptors (Lipinski definition) is 3. The molecule has 4 heteroatoms. The van der Waals surface area contributed by atoms with Gasteiger partial charge in [-0.2, -0.15) is 0 Å². The molecule has 0 aliphatic rings. The highest BCUT2D eigenvalue weighted by Gasteiger charge is 2.19. The minimum Gasteiger partial charge on any atom is -0.379 e. The van der Waals surface area contributed by atoms with Crippen LogP contribution in [0.3, 0.4) is 0 Å². The fraction of sp³-hybridized carbons (Fsp3) is 0.412. The fourth-order valence-electron chi connectivity index (χ4n) is 2.39. The van der Waals surface area contributed by atoms with Gasteiger partial charge in [0.25, 0.3) is 0 Å². The zero-order valence-electron chi connectivity index (χ0n) is 12.8. The summed E-state index contributed by atoms with van der Waals surface area (Å²) in [4.78, 5) is 0. The second-order valence-electron chi connectivity index (χ2n) is 5.97. The first kappa shape index (κ1) is 16.4. The number of nitrogens with one attached hydrogen (secondary N) is 1. The molecule has 0 spiro atoms. The van der Waals surface area contributed by atoms with E-state index in [1.807, 2.05) is 0 Å². The number of hydrogen-bond donors (Lipinski definition) is 2. The molecular formula is C17H23BrN2O. The number of hydrazine groups is 1. The molecule has 0 saturated carbocycles. The Kier molecular flexibility index (Phi) is 5.38. The van der Waals surface area contributed by atoms with Crippen LogP contribution >= 0.6 is 15.9 Å². The quantitative estimate of drug-likeness (QED) is 0.602. The van der Waals surface area contributed by atoms with Gasteiger partial charge in [0.05, 0.1) is 5.60 Å². The molecule has 3 nitrogen and oxygen atoms in total. The maximum Gasteiger partial charge on any atom is 0.0623 e. The topological polar surface area (TPSA) is 47.3 Å². The zero-order chi connectivity index (χ0) is 15.5. The van der Waals surface area contributed by atoms with Crippen molar-refractivity contribution in [1.29, 1.82) is 0 Å². The third-order valence-corrected chi connectivity index (χ3v) is 4.51. The standard InChI is InChI=1S/C17H23BrN2O/c1-17(2,21-3)9-8-16(20-19)14-5-4-13-11-15(18)7-6-12(13)10-14/h4-7,10-11,16,20H,8-9,19H2,1-3H3. The van der Waals surface area contributed by atoms with Crippen molar-refractivity contribution in [2.45, 2.75) is 38.3 Å². The van der Waals surface area contributed by atoms with Gasteiger partial charge in [-0.3, -0.25) is 11.3 Å². The van der Waals surface area contributed by atoms with E-state index in [4.69, 9.17) is 10.6 Å². The third kappa shape index (κ3) is 4.27. The van der Waals surface area contributed by atoms with Crippen LogP contribution < -0.4 is 11.3 Å². The highest BCUT2D eigenvalue weighted by atomic mass is 79.9. The molecule has 2 aromatic carbocycles. The lowest BCUT2D eigenvalue weighted by Crippen LogP contribution is -2.31. The van der Waals surface area contributed by atoms with Gasteiger partial charge in [0.2, 0.25) is 0 Å². The summed E-state index contributed by atoms with van der Waals surface area (Å²) in [5, 5.41) is 2.45. The van der Waals surface area contributed by atoms with E-state index in [9.17, 15) is 0 Å². The van der Waals surface area contributed by atoms with Crippen LogP contribution in [0.1, 0.15) is 38.3 Å². The van der Waals surface area contributed by atoms with Crippen LogP contribution in [0.2, 0.25) is 0 Å². The van der Waals surface area contributed by atoms with Gasteiger partial charge in [-0.05, 0) is 61.2 Å². The lowest BCUT2D eigenvalue weighted by Gasteiger charge is -2.26. The number of benzene rings is 2. The Morgan fingerprint density at radius 1 is 1.19 bits per heavy atom. The minimum absolute atomic E-state index is 0.128. The molecule has 1 atom stereocenters. The minimum atomic E-state index is -0.128. The lowest BCUT2D eigenvalue weighted by molar-refractivity contribution is 0.0117. The Morgan fingerprint density at radius 2 is 1.86 bits per heavy atom. The highest BCUT2D eigenvalue weighted by Crippen LogP contribution is 2.27. The van der Waals surface area contributed by atoms with Crippen LogP contribution in [0, 0.1) is 0 Å². The predicted molar refractivity (Wildman–Crippen MR) is 92.0 cm³/mol. The van der Waals surface area contributed by atoms with Gasteiger partial charge < -0.3 is 4.74 Å². The summed E-state index contributed by atoms with van der Waals surface area (Å²) >= 11 is 3.50. The van der Waals surface area contributed by atoms with Crippen LogP contribution in [0.5, 0.6) is 0 Å². The van der Waals surface area contributed by atoms with Crippen molar-refractivity contribution in [3.63, 3.8) is 0 Å². The van der Waals surface area contributed by atoms with Gasteiger partial charge in [0.1, 0.15) is 0 Å². The molecule has 0 aromatic heterocycles. The van der Waals surface area contributed by atoms with Crippen LogP contribution in [0.15, 0.2) is 40.9 Å². The fourth-order valence-corrected chi connectivity index (χ4v) is 2.77. The van der Waals surface area contributed by atoms with E-state index >= 15 is 0 Å². The summed E-state index contributed by atoms with van der Waals surface area (Å²) < 4.78 is 6.57. The van der Waals surface area contributed by atoms with Crippen molar-refractivity contribution in [2.75, 3.05) is 7.11 Å². The largest absolute Gasteiger partial charge is 0.379 e. The molecule has 0 amide bonds. The maximum atomic E-state index is 5.75. The van der Waals surface area contributed by atoms with Crippen molar-refractivity contribution in [1.82, 2.24) is 5.43 Å². The van der Waals surface area contributed by atoms with E-state index in [1.54, 1.807) is 7.11 Å². The van der Waals surface area contributed by atoms with E-state index in [2.05, 4.69) is 71.6 Å². The Balaban J connectivity index is 2.20. The van der Waals surface area contributed by atoms with E-state index in [0.717, 1.165) is 17.3 Å². The second kappa shape index (κ2) is 6.88. The van der Waals surface area contributed by atoms with Crippen LogP contribution in [-0.4, -0.2) is 12.7 Å². The first-order valence-electron chi connectivity index (χ1n) is 7.16. The van der Waals surface area contributed by atoms with Gasteiger partial charge in [-0.25, -0.2) is 0 Å². The van der Waals surface area contributed by atoms with Gasteiger partial charge in [0, 0.05) is 17.6 Å². The molecule has 0 bridgehead atoms. The molecule has 114 valence electrons. The Morgan fingerprint density at radius 3 is 2.52 bits per heavy atom. The van der Waals surface area contributed by atoms with Crippen molar-refractivity contribution in [3.8, 4) is 0 Å². The second-order valence-corrected chi connectivity index (χ2v) is 6.89. The Hall–Kier alpha value is -0.940. The summed E-state index contributed by atoms with van der Waals surface area (Å²) in [5.41, 5.74) is 4.01. The summed E-state index contributed by atoms with van der Waals surface area (Å²) in [6.07, 6.45) is 1.87. The molecule has 0 radical (unpaired) electrons. The van der Waals surface area contributed by atoms with E-state index in [-0.39, 0.29) is 11.6 Å². The molecule has 0 aliphatic carbocycles. The van der Waals surface area contributed by atoms with Gasteiger partial charge in [0.15, 0.2) is 0 Å². The van der Waals surface area contributed by atoms with E-state index in [1.165, 1.54) is 16.3 Å². The average Bonchev–Trinajstić information content (AvgIpc) is 2.47. The first-order chi connectivity index (χ1) is 9.95. The number of rotatable bonds is 6. The monoisotopic (exact) mass is 350 g/mol. The number of methoxy groups -OCH3 is 1. The van der Waals surface area contributed by atoms with Crippen molar-refractivity contribution < 1.29 is 4.74 Å². The van der Waals surface area contributed by atoms with Gasteiger partial charge >= 0.3 is 0 Å². The van der Waals surface area contributed by atoms with Gasteiger partial charge in [-0.1, -0.05) is 34.1 Å². The molecular weight excluding hydrogens is 328 g/mol. The summed E-state index contributed by atoms with van der Waals surface area (Å²) in [6.45, 7) is 4.19. The van der Waals surface area contributed by atoms with Gasteiger partial charge in [-0.15, -0.1) is 0 Å². The molecule has 1 unspecified atom stereocenters. The predicted octanol–water partition coefficient (Wildman–Crippen LogP) is 4.31. The smallest absolute Gasteiger partial charge is 0.0623 e. The van der Waals surface area contributed by atoms with E-state index < -0.39 is 0 Å². The Bertz CT molecular complexity index is 613. The van der Waals surface area contributed by atoms with Crippen LogP contribution in [0.25, 0.3) is 10.8 Å². The molecule has 2 aromatic rings. The number of ether oxygens (including phenoxy) is 1. The normalized spacial score (nSPS) is 13.6. The van der Waals surface area contributed by atoms with Crippen molar-refractivity contribution in [3.05, 3.63) is 46.4 Å². The first-order valence-corrected chi connectivity index (χ1v) is 7.95. The van der Waals surface area contributed by atoms with E-state index in [0.29, 0.717) is 0 Å². The SMILES string of the molecule is COC(C)(C)CCC(NN)c1ccc2cc(Br)ccc2c1. The van der Waals surface area contributed by atoms with Crippen LogP contribution in [0.4, 0.5) is 0 Å². The molecule has 0 heterocycles. The highest BCUT2D eigenvalue weighted by molar-refractivity contribution is 9.10. The number of halogens is 1. The maximum absolute atomic E-state index is 5.75. The molecule has 21 heavy (non-hydrogen) atoms. The number of fused-ring (bicyclic) bond motifs is 1. The Labute approximate surface area is 135 Å². The third-order valence-electron chi connectivity index (χ3n) is 4.02. The van der Waals surface area contributed by atoms with Crippen molar-refractivity contribution >= 4 is 26.7 Å². The number of nitrogens with two attached hydrogens (primary N) is 1. The summed E-state index contributed by atoms with van der Waals surface area (Å²) in [5.74, 6) is 5.75. The molecule has 0 saturated heterocycles.